The predicted octanol–water partition coefficient (Wildman–Crippen LogP) is 1.39. The van der Waals surface area contributed by atoms with E-state index in [1.54, 1.807) is 13.8 Å². The quantitative estimate of drug-likeness (QED) is 0.783. The Labute approximate surface area is 162 Å². The Morgan fingerprint density at radius 2 is 1.39 bits per heavy atom. The van der Waals surface area contributed by atoms with Gasteiger partial charge in [-0.25, -0.2) is 25.6 Å². The monoisotopic (exact) mass is 434 g/mol. The standard InChI is InChI=1S/C16H20F2N4O4S2/c1-11-15(12(2)20-19-11)27(23,24)21-7-4-8-22(10-9-21)28(25,26)16-13(17)5-3-6-14(16)18/h3,5-6H,4,7-10H2,1-2H3,(H,19,20). The lowest BCUT2D eigenvalue weighted by Crippen LogP contribution is -2.38. The van der Waals surface area contributed by atoms with Crippen LogP contribution in [0, 0.1) is 25.5 Å². The van der Waals surface area contributed by atoms with Crippen LogP contribution in [0.15, 0.2) is 28.0 Å². The van der Waals surface area contributed by atoms with Gasteiger partial charge in [0, 0.05) is 26.2 Å². The van der Waals surface area contributed by atoms with Gasteiger partial charge >= 0.3 is 0 Å². The van der Waals surface area contributed by atoms with Gasteiger partial charge in [0.15, 0.2) is 4.90 Å². The van der Waals surface area contributed by atoms with Crippen LogP contribution in [0.3, 0.4) is 0 Å². The van der Waals surface area contributed by atoms with E-state index in [0.717, 1.165) is 22.5 Å². The Balaban J connectivity index is 1.88. The molecule has 2 aromatic rings. The van der Waals surface area contributed by atoms with Crippen LogP contribution >= 0.6 is 0 Å². The number of hydrogen-bond donors (Lipinski definition) is 1. The van der Waals surface area contributed by atoms with E-state index in [2.05, 4.69) is 10.2 Å². The summed E-state index contributed by atoms with van der Waals surface area (Å²) in [5, 5.41) is 6.51. The molecule has 154 valence electrons. The second-order valence-corrected chi connectivity index (χ2v) is 10.2. The van der Waals surface area contributed by atoms with E-state index in [9.17, 15) is 25.6 Å². The molecule has 1 aromatic heterocycles. The number of benzene rings is 1. The minimum absolute atomic E-state index is 0.0501. The van der Waals surface area contributed by atoms with Crippen molar-refractivity contribution in [3.05, 3.63) is 41.2 Å². The average molecular weight is 434 g/mol. The Morgan fingerprint density at radius 1 is 0.893 bits per heavy atom. The zero-order chi connectivity index (χ0) is 20.7. The molecule has 0 spiro atoms. The van der Waals surface area contributed by atoms with Gasteiger partial charge in [0.1, 0.15) is 16.5 Å². The first-order valence-corrected chi connectivity index (χ1v) is 11.4. The zero-order valence-electron chi connectivity index (χ0n) is 15.3. The van der Waals surface area contributed by atoms with Gasteiger partial charge in [-0.3, -0.25) is 5.10 Å². The van der Waals surface area contributed by atoms with Crippen molar-refractivity contribution in [3.63, 3.8) is 0 Å². The molecule has 28 heavy (non-hydrogen) atoms. The number of rotatable bonds is 4. The fourth-order valence-corrected chi connectivity index (χ4v) is 6.64. The SMILES string of the molecule is Cc1n[nH]c(C)c1S(=O)(=O)N1CCCN(S(=O)(=O)c2c(F)cccc2F)CC1. The number of nitrogens with zero attached hydrogens (tertiary/aromatic N) is 3. The average Bonchev–Trinajstić information content (AvgIpc) is 2.81. The summed E-state index contributed by atoms with van der Waals surface area (Å²) in [7, 11) is -8.33. The highest BCUT2D eigenvalue weighted by Crippen LogP contribution is 2.26. The molecule has 1 aliphatic heterocycles. The van der Waals surface area contributed by atoms with Crippen molar-refractivity contribution < 1.29 is 25.6 Å². The Morgan fingerprint density at radius 3 is 1.86 bits per heavy atom. The molecule has 1 fully saturated rings. The van der Waals surface area contributed by atoms with E-state index >= 15 is 0 Å². The van der Waals surface area contributed by atoms with Gasteiger partial charge in [-0.2, -0.15) is 13.7 Å². The zero-order valence-corrected chi connectivity index (χ0v) is 16.9. The van der Waals surface area contributed by atoms with Crippen molar-refractivity contribution in [1.29, 1.82) is 0 Å². The third-order valence-electron chi connectivity index (χ3n) is 4.59. The van der Waals surface area contributed by atoms with Gasteiger partial charge in [-0.1, -0.05) is 6.07 Å². The molecule has 1 saturated heterocycles. The van der Waals surface area contributed by atoms with Crippen LogP contribution < -0.4 is 0 Å². The topological polar surface area (TPSA) is 103 Å². The van der Waals surface area contributed by atoms with Gasteiger partial charge in [0.2, 0.25) is 20.0 Å². The lowest BCUT2D eigenvalue weighted by Gasteiger charge is -2.22. The first-order chi connectivity index (χ1) is 13.1. The molecule has 0 saturated carbocycles. The van der Waals surface area contributed by atoms with Crippen LogP contribution in [-0.4, -0.2) is 61.8 Å². The molecular weight excluding hydrogens is 414 g/mol. The number of halogens is 2. The number of nitrogens with one attached hydrogen (secondary N) is 1. The third kappa shape index (κ3) is 3.56. The maximum Gasteiger partial charge on any atom is 0.248 e. The van der Waals surface area contributed by atoms with E-state index in [1.807, 2.05) is 0 Å². The van der Waals surface area contributed by atoms with Gasteiger partial charge in [-0.15, -0.1) is 0 Å². The van der Waals surface area contributed by atoms with E-state index in [-0.39, 0.29) is 37.5 Å². The maximum atomic E-state index is 14.0. The molecule has 2 heterocycles. The van der Waals surface area contributed by atoms with Gasteiger partial charge in [-0.05, 0) is 32.4 Å². The van der Waals surface area contributed by atoms with Crippen LogP contribution in [0.1, 0.15) is 17.8 Å². The molecule has 0 radical (unpaired) electrons. The lowest BCUT2D eigenvalue weighted by molar-refractivity contribution is 0.399. The maximum absolute atomic E-state index is 14.0. The summed E-state index contributed by atoms with van der Waals surface area (Å²) in [5.74, 6) is -2.36. The van der Waals surface area contributed by atoms with Crippen LogP contribution in [-0.2, 0) is 20.0 Å². The minimum Gasteiger partial charge on any atom is -0.281 e. The first-order valence-electron chi connectivity index (χ1n) is 8.52. The lowest BCUT2D eigenvalue weighted by atomic mass is 10.3. The summed E-state index contributed by atoms with van der Waals surface area (Å²) in [6.07, 6.45) is 0.185. The fourth-order valence-electron chi connectivity index (χ4n) is 3.26. The van der Waals surface area contributed by atoms with Crippen molar-refractivity contribution in [2.45, 2.75) is 30.1 Å². The largest absolute Gasteiger partial charge is 0.281 e. The summed E-state index contributed by atoms with van der Waals surface area (Å²) in [6, 6.07) is 2.82. The normalized spacial score (nSPS) is 17.6. The van der Waals surface area contributed by atoms with Crippen molar-refractivity contribution >= 4 is 20.0 Å². The second-order valence-electron chi connectivity index (χ2n) is 6.48. The highest BCUT2D eigenvalue weighted by Gasteiger charge is 2.36. The molecule has 0 aliphatic carbocycles. The highest BCUT2D eigenvalue weighted by atomic mass is 32.2. The summed E-state index contributed by atoms with van der Waals surface area (Å²) in [4.78, 5) is -0.961. The third-order valence-corrected chi connectivity index (χ3v) is 8.70. The molecule has 3 rings (SSSR count). The summed E-state index contributed by atoms with van der Waals surface area (Å²) < 4.78 is 81.4. The Kier molecular flexibility index (Phi) is 5.58. The van der Waals surface area contributed by atoms with E-state index in [1.165, 1.54) is 4.31 Å². The van der Waals surface area contributed by atoms with Crippen LogP contribution in [0.2, 0.25) is 0 Å². The Hall–Kier alpha value is -1.89. The summed E-state index contributed by atoms with van der Waals surface area (Å²) >= 11 is 0. The van der Waals surface area contributed by atoms with Crippen LogP contribution in [0.5, 0.6) is 0 Å². The van der Waals surface area contributed by atoms with Crippen molar-refractivity contribution in [1.82, 2.24) is 18.8 Å². The molecule has 1 N–H and O–H groups in total. The van der Waals surface area contributed by atoms with E-state index in [0.29, 0.717) is 11.4 Å². The number of aryl methyl sites for hydroxylation is 2. The van der Waals surface area contributed by atoms with Crippen LogP contribution in [0.4, 0.5) is 8.78 Å². The molecular formula is C16H20F2N4O4S2. The molecule has 1 aliphatic rings. The fraction of sp³-hybridized carbons (Fsp3) is 0.438. The smallest absolute Gasteiger partial charge is 0.248 e. The van der Waals surface area contributed by atoms with Gasteiger partial charge in [0.25, 0.3) is 0 Å². The number of aromatic amines is 1. The number of H-pyrrole nitrogens is 1. The number of sulfonamides is 2. The van der Waals surface area contributed by atoms with Crippen molar-refractivity contribution in [2.24, 2.45) is 0 Å². The number of hydrogen-bond acceptors (Lipinski definition) is 5. The molecule has 0 amide bonds. The second kappa shape index (κ2) is 7.50. The highest BCUT2D eigenvalue weighted by molar-refractivity contribution is 7.89. The van der Waals surface area contributed by atoms with Crippen molar-refractivity contribution in [3.8, 4) is 0 Å². The predicted molar refractivity (Wildman–Crippen MR) is 96.6 cm³/mol. The summed E-state index contributed by atoms with van der Waals surface area (Å²) in [6.45, 7) is 2.82. The summed E-state index contributed by atoms with van der Waals surface area (Å²) in [5.41, 5.74) is 0.708. The van der Waals surface area contributed by atoms with Gasteiger partial charge in [0.05, 0.1) is 11.4 Å². The van der Waals surface area contributed by atoms with Crippen LogP contribution in [0.25, 0.3) is 0 Å². The molecule has 12 heteroatoms. The molecule has 1 aromatic carbocycles. The van der Waals surface area contributed by atoms with E-state index < -0.39 is 36.6 Å². The molecule has 8 nitrogen and oxygen atoms in total. The van der Waals surface area contributed by atoms with E-state index in [4.69, 9.17) is 0 Å². The number of aromatic nitrogens is 2. The molecule has 0 bridgehead atoms. The Bertz CT molecular complexity index is 1060. The molecule has 0 unspecified atom stereocenters. The first kappa shape index (κ1) is 20.8. The molecule has 0 atom stereocenters. The van der Waals surface area contributed by atoms with Crippen molar-refractivity contribution in [2.75, 3.05) is 26.2 Å². The minimum atomic E-state index is -4.44. The van der Waals surface area contributed by atoms with Gasteiger partial charge < -0.3 is 0 Å².